The predicted molar refractivity (Wildman–Crippen MR) is 121 cm³/mol. The van der Waals surface area contributed by atoms with Gasteiger partial charge < -0.3 is 15.1 Å². The molecule has 0 spiro atoms. The highest BCUT2D eigenvalue weighted by atomic mass is 32.1. The Morgan fingerprint density at radius 3 is 1.79 bits per heavy atom. The van der Waals surface area contributed by atoms with Crippen molar-refractivity contribution < 1.29 is 0 Å². The zero-order chi connectivity index (χ0) is 19.9. The van der Waals surface area contributed by atoms with Gasteiger partial charge in [-0.2, -0.15) is 15.0 Å². The fourth-order valence-corrected chi connectivity index (χ4v) is 4.68. The SMILES string of the molecule is S=C(NNc1nc(N2CCCCC2)nc(N2CCCCC2)n1)NC1CCCCC1. The van der Waals surface area contributed by atoms with Crippen molar-refractivity contribution in [3.8, 4) is 0 Å². The van der Waals surface area contributed by atoms with Gasteiger partial charge in [-0.1, -0.05) is 19.3 Å². The Hall–Kier alpha value is -1.90. The van der Waals surface area contributed by atoms with E-state index in [9.17, 15) is 0 Å². The van der Waals surface area contributed by atoms with Crippen molar-refractivity contribution in [1.29, 1.82) is 0 Å². The second-order valence-corrected chi connectivity index (χ2v) is 8.82. The van der Waals surface area contributed by atoms with Crippen molar-refractivity contribution in [2.45, 2.75) is 76.7 Å². The Morgan fingerprint density at radius 2 is 1.24 bits per heavy atom. The number of nitrogens with zero attached hydrogens (tertiary/aromatic N) is 5. The molecule has 1 aromatic rings. The van der Waals surface area contributed by atoms with Crippen LogP contribution in [0.2, 0.25) is 0 Å². The average Bonchev–Trinajstić information content (AvgIpc) is 2.79. The highest BCUT2D eigenvalue weighted by Gasteiger charge is 2.20. The number of nitrogens with one attached hydrogen (secondary N) is 3. The Morgan fingerprint density at radius 1 is 0.724 bits per heavy atom. The Kier molecular flexibility index (Phi) is 7.18. The normalized spacial score (nSPS) is 21.0. The lowest BCUT2D eigenvalue weighted by Crippen LogP contribution is -2.45. The van der Waals surface area contributed by atoms with Crippen molar-refractivity contribution >= 4 is 35.2 Å². The number of piperidine rings is 2. The molecule has 0 unspecified atom stereocenters. The molecule has 1 aliphatic carbocycles. The molecule has 2 saturated heterocycles. The first-order valence-electron chi connectivity index (χ1n) is 11.4. The molecule has 0 atom stereocenters. The third-order valence-electron chi connectivity index (χ3n) is 6.12. The summed E-state index contributed by atoms with van der Waals surface area (Å²) in [6.45, 7) is 4.05. The summed E-state index contributed by atoms with van der Waals surface area (Å²) in [5, 5.41) is 4.02. The molecule has 3 N–H and O–H groups in total. The Labute approximate surface area is 179 Å². The molecule has 3 heterocycles. The highest BCUT2D eigenvalue weighted by Crippen LogP contribution is 2.22. The number of hydrazine groups is 1. The molecule has 8 nitrogen and oxygen atoms in total. The molecule has 0 amide bonds. The summed E-state index contributed by atoms with van der Waals surface area (Å²) in [5.74, 6) is 2.08. The van der Waals surface area contributed by atoms with Crippen molar-refractivity contribution in [3.05, 3.63) is 0 Å². The smallest absolute Gasteiger partial charge is 0.248 e. The van der Waals surface area contributed by atoms with Crippen LogP contribution in [0.4, 0.5) is 17.8 Å². The van der Waals surface area contributed by atoms with Crippen LogP contribution in [-0.4, -0.2) is 52.3 Å². The first kappa shape index (κ1) is 20.4. The second-order valence-electron chi connectivity index (χ2n) is 8.41. The number of hydrogen-bond donors (Lipinski definition) is 3. The lowest BCUT2D eigenvalue weighted by atomic mass is 9.96. The molecular weight excluding hydrogens is 384 g/mol. The molecule has 0 bridgehead atoms. The van der Waals surface area contributed by atoms with Crippen LogP contribution < -0.4 is 26.0 Å². The van der Waals surface area contributed by atoms with E-state index in [1.54, 1.807) is 0 Å². The Balaban J connectivity index is 1.43. The standard InChI is InChI=1S/C20H34N8S/c29-20(21-16-10-4-1-5-11-16)26-25-17-22-18(27-12-6-2-7-13-27)24-19(23-17)28-14-8-3-9-15-28/h16H,1-15H2,(H2,21,26,29)(H,22,23,24,25). The molecule has 2 aliphatic heterocycles. The van der Waals surface area contributed by atoms with E-state index in [2.05, 4.69) is 35.9 Å². The van der Waals surface area contributed by atoms with Crippen molar-refractivity contribution in [2.24, 2.45) is 0 Å². The van der Waals surface area contributed by atoms with Crippen LogP contribution >= 0.6 is 12.2 Å². The summed E-state index contributed by atoms with van der Waals surface area (Å²) >= 11 is 5.47. The fourth-order valence-electron chi connectivity index (χ4n) is 4.46. The summed E-state index contributed by atoms with van der Waals surface area (Å²) in [5.41, 5.74) is 6.21. The molecule has 3 fully saturated rings. The largest absolute Gasteiger partial charge is 0.359 e. The summed E-state index contributed by atoms with van der Waals surface area (Å²) in [6, 6.07) is 0.469. The lowest BCUT2D eigenvalue weighted by molar-refractivity contribution is 0.412. The van der Waals surface area contributed by atoms with E-state index in [1.807, 2.05) is 0 Å². The molecule has 1 aromatic heterocycles. The van der Waals surface area contributed by atoms with Gasteiger partial charge in [-0.05, 0) is 63.6 Å². The van der Waals surface area contributed by atoms with Crippen LogP contribution in [0, 0.1) is 0 Å². The van der Waals surface area contributed by atoms with E-state index >= 15 is 0 Å². The first-order chi connectivity index (χ1) is 14.3. The maximum absolute atomic E-state index is 5.47. The van der Waals surface area contributed by atoms with Crippen molar-refractivity contribution in [1.82, 2.24) is 25.7 Å². The number of aromatic nitrogens is 3. The monoisotopic (exact) mass is 418 g/mol. The van der Waals surface area contributed by atoms with E-state index < -0.39 is 0 Å². The highest BCUT2D eigenvalue weighted by molar-refractivity contribution is 7.80. The van der Waals surface area contributed by atoms with Crippen LogP contribution in [0.5, 0.6) is 0 Å². The van der Waals surface area contributed by atoms with Gasteiger partial charge >= 0.3 is 0 Å². The van der Waals surface area contributed by atoms with E-state index in [0.717, 1.165) is 38.1 Å². The molecule has 0 radical (unpaired) electrons. The zero-order valence-corrected chi connectivity index (χ0v) is 18.1. The number of anilines is 3. The van der Waals surface area contributed by atoms with Gasteiger partial charge in [0.25, 0.3) is 0 Å². The van der Waals surface area contributed by atoms with Crippen LogP contribution in [-0.2, 0) is 0 Å². The van der Waals surface area contributed by atoms with Gasteiger partial charge in [0.2, 0.25) is 17.8 Å². The van der Waals surface area contributed by atoms with Gasteiger partial charge in [-0.3, -0.25) is 10.9 Å². The van der Waals surface area contributed by atoms with Gasteiger partial charge in [-0.15, -0.1) is 0 Å². The molecule has 9 heteroatoms. The van der Waals surface area contributed by atoms with Crippen molar-refractivity contribution in [2.75, 3.05) is 41.4 Å². The topological polar surface area (TPSA) is 81.2 Å². The third kappa shape index (κ3) is 5.81. The van der Waals surface area contributed by atoms with Crippen LogP contribution in [0.15, 0.2) is 0 Å². The Bertz CT molecular complexity index is 630. The molecule has 3 aliphatic rings. The van der Waals surface area contributed by atoms with E-state index in [4.69, 9.17) is 17.2 Å². The van der Waals surface area contributed by atoms with Crippen LogP contribution in [0.25, 0.3) is 0 Å². The van der Waals surface area contributed by atoms with E-state index in [-0.39, 0.29) is 0 Å². The third-order valence-corrected chi connectivity index (χ3v) is 6.34. The number of hydrogen-bond acceptors (Lipinski definition) is 7. The van der Waals surface area contributed by atoms with E-state index in [0.29, 0.717) is 17.1 Å². The summed E-state index contributed by atoms with van der Waals surface area (Å²) in [6.07, 6.45) is 13.6. The molecule has 0 aromatic carbocycles. The molecule has 29 heavy (non-hydrogen) atoms. The fraction of sp³-hybridized carbons (Fsp3) is 0.800. The van der Waals surface area contributed by atoms with Crippen LogP contribution in [0.3, 0.4) is 0 Å². The van der Waals surface area contributed by atoms with Gasteiger partial charge in [0.05, 0.1) is 0 Å². The molecule has 4 rings (SSSR count). The maximum Gasteiger partial charge on any atom is 0.248 e. The molecule has 160 valence electrons. The number of thiocarbonyl (C=S) groups is 1. The van der Waals surface area contributed by atoms with E-state index in [1.165, 1.54) is 70.6 Å². The number of rotatable bonds is 5. The minimum Gasteiger partial charge on any atom is -0.359 e. The van der Waals surface area contributed by atoms with Crippen molar-refractivity contribution in [3.63, 3.8) is 0 Å². The quantitative estimate of drug-likeness (QED) is 0.494. The average molecular weight is 419 g/mol. The zero-order valence-electron chi connectivity index (χ0n) is 17.3. The second kappa shape index (κ2) is 10.2. The van der Waals surface area contributed by atoms with Crippen LogP contribution in [0.1, 0.15) is 70.6 Å². The van der Waals surface area contributed by atoms with Gasteiger partial charge in [0.1, 0.15) is 0 Å². The maximum atomic E-state index is 5.47. The summed E-state index contributed by atoms with van der Waals surface area (Å²) in [4.78, 5) is 18.7. The molecule has 1 saturated carbocycles. The lowest BCUT2D eigenvalue weighted by Gasteiger charge is -2.30. The minimum absolute atomic E-state index is 0.469. The summed E-state index contributed by atoms with van der Waals surface area (Å²) < 4.78 is 0. The van der Waals surface area contributed by atoms with Gasteiger partial charge in [0.15, 0.2) is 5.11 Å². The minimum atomic E-state index is 0.469. The van der Waals surface area contributed by atoms with Gasteiger partial charge in [0, 0.05) is 32.2 Å². The van der Waals surface area contributed by atoms with Gasteiger partial charge in [-0.25, -0.2) is 0 Å². The summed E-state index contributed by atoms with van der Waals surface area (Å²) in [7, 11) is 0. The first-order valence-corrected chi connectivity index (χ1v) is 11.8. The molecular formula is C20H34N8S. The predicted octanol–water partition coefficient (Wildman–Crippen LogP) is 2.98.